The fourth-order valence-corrected chi connectivity index (χ4v) is 2.57. The Morgan fingerprint density at radius 1 is 1.30 bits per heavy atom. The summed E-state index contributed by atoms with van der Waals surface area (Å²) in [4.78, 5) is 2.51. The molecule has 0 unspecified atom stereocenters. The lowest BCUT2D eigenvalue weighted by Crippen LogP contribution is -2.38. The minimum absolute atomic E-state index is 0.560. The molecule has 3 heteroatoms. The van der Waals surface area contributed by atoms with E-state index in [0.29, 0.717) is 12.0 Å². The Morgan fingerprint density at radius 3 is 2.70 bits per heavy atom. The number of hydrogen-bond donors (Lipinski definition) is 1. The van der Waals surface area contributed by atoms with Gasteiger partial charge in [-0.05, 0) is 37.4 Å². The molecule has 0 aromatic heterocycles. The van der Waals surface area contributed by atoms with E-state index in [9.17, 15) is 0 Å². The molecule has 20 heavy (non-hydrogen) atoms. The maximum Gasteiger partial charge on any atom is 0.121 e. The van der Waals surface area contributed by atoms with Crippen LogP contribution in [0.4, 0.5) is 5.69 Å². The lowest BCUT2D eigenvalue weighted by Gasteiger charge is -2.32. The largest absolute Gasteiger partial charge is 0.493 e. The van der Waals surface area contributed by atoms with Gasteiger partial charge in [-0.1, -0.05) is 26.8 Å². The topological polar surface area (TPSA) is 24.5 Å². The Balaban J connectivity index is 1.85. The fourth-order valence-electron chi connectivity index (χ4n) is 2.57. The van der Waals surface area contributed by atoms with Crippen LogP contribution in [0, 0.1) is 5.92 Å². The minimum atomic E-state index is 0.560. The molecule has 1 aromatic carbocycles. The van der Waals surface area contributed by atoms with Crippen molar-refractivity contribution in [1.29, 1.82) is 0 Å². The van der Waals surface area contributed by atoms with Crippen LogP contribution < -0.4 is 10.1 Å². The number of nitrogens with zero attached hydrogens (tertiary/aromatic N) is 1. The zero-order valence-corrected chi connectivity index (χ0v) is 13.1. The summed E-state index contributed by atoms with van der Waals surface area (Å²) in [7, 11) is 0. The van der Waals surface area contributed by atoms with Crippen molar-refractivity contribution in [2.45, 2.75) is 39.7 Å². The van der Waals surface area contributed by atoms with Crippen molar-refractivity contribution in [2.24, 2.45) is 5.92 Å². The molecule has 1 aliphatic rings. The molecule has 1 fully saturated rings. The van der Waals surface area contributed by atoms with Crippen LogP contribution in [-0.4, -0.2) is 37.2 Å². The number of rotatable bonds is 6. The van der Waals surface area contributed by atoms with Crippen LogP contribution in [0.15, 0.2) is 24.3 Å². The molecule has 2 rings (SSSR count). The molecule has 1 N–H and O–H groups in total. The van der Waals surface area contributed by atoms with E-state index in [-0.39, 0.29) is 0 Å². The highest BCUT2D eigenvalue weighted by molar-refractivity contribution is 5.48. The smallest absolute Gasteiger partial charge is 0.121 e. The van der Waals surface area contributed by atoms with E-state index in [4.69, 9.17) is 4.74 Å². The van der Waals surface area contributed by atoms with E-state index in [1.165, 1.54) is 38.2 Å². The maximum atomic E-state index is 5.78. The van der Waals surface area contributed by atoms with Gasteiger partial charge in [0.1, 0.15) is 5.75 Å². The summed E-state index contributed by atoms with van der Waals surface area (Å²) in [5, 5.41) is 3.65. The first-order chi connectivity index (χ1) is 9.67. The Hall–Kier alpha value is -1.22. The second-order valence-corrected chi connectivity index (χ2v) is 6.09. The number of likely N-dealkylation sites (tertiary alicyclic amines) is 1. The predicted molar refractivity (Wildman–Crippen MR) is 85.5 cm³/mol. The zero-order valence-electron chi connectivity index (χ0n) is 13.1. The Morgan fingerprint density at radius 2 is 2.05 bits per heavy atom. The van der Waals surface area contributed by atoms with Gasteiger partial charge in [0, 0.05) is 30.9 Å². The van der Waals surface area contributed by atoms with Crippen LogP contribution in [0.25, 0.3) is 0 Å². The lowest BCUT2D eigenvalue weighted by atomic mass is 10.0. The van der Waals surface area contributed by atoms with Gasteiger partial charge in [0.05, 0.1) is 6.61 Å². The molecule has 112 valence electrons. The van der Waals surface area contributed by atoms with E-state index in [0.717, 1.165) is 12.4 Å². The van der Waals surface area contributed by atoms with Crippen molar-refractivity contribution >= 4 is 5.69 Å². The van der Waals surface area contributed by atoms with Crippen LogP contribution in [0.5, 0.6) is 5.75 Å². The molecule has 3 nitrogen and oxygen atoms in total. The zero-order chi connectivity index (χ0) is 14.4. The van der Waals surface area contributed by atoms with Gasteiger partial charge >= 0.3 is 0 Å². The van der Waals surface area contributed by atoms with Gasteiger partial charge in [-0.25, -0.2) is 0 Å². The quantitative estimate of drug-likeness (QED) is 0.859. The molecular weight excluding hydrogens is 248 g/mol. The first-order valence-electron chi connectivity index (χ1n) is 7.89. The molecule has 0 spiro atoms. The number of nitrogens with one attached hydrogen (secondary N) is 1. The van der Waals surface area contributed by atoms with Gasteiger partial charge in [-0.3, -0.25) is 0 Å². The van der Waals surface area contributed by atoms with Gasteiger partial charge < -0.3 is 15.0 Å². The standard InChI is InChI=1S/C17H28N2O/c1-4-19-10-8-15(9-11-19)18-16-6-5-7-17(12-16)20-13-14(2)3/h5-7,12,14-15,18H,4,8-11,13H2,1-3H3. The fraction of sp³-hybridized carbons (Fsp3) is 0.647. The number of benzene rings is 1. The molecule has 0 radical (unpaired) electrons. The summed E-state index contributed by atoms with van der Waals surface area (Å²) in [6.07, 6.45) is 2.45. The Bertz CT molecular complexity index is 398. The first kappa shape index (κ1) is 15.2. The van der Waals surface area contributed by atoms with Crippen LogP contribution in [-0.2, 0) is 0 Å². The summed E-state index contributed by atoms with van der Waals surface area (Å²) in [6.45, 7) is 10.9. The van der Waals surface area contributed by atoms with Crippen molar-refractivity contribution in [2.75, 3.05) is 31.6 Å². The molecule has 0 aliphatic carbocycles. The highest BCUT2D eigenvalue weighted by atomic mass is 16.5. The molecule has 1 aromatic rings. The van der Waals surface area contributed by atoms with E-state index >= 15 is 0 Å². The molecule has 1 aliphatic heterocycles. The predicted octanol–water partition coefficient (Wildman–Crippen LogP) is 3.62. The number of ether oxygens (including phenoxy) is 1. The van der Waals surface area contributed by atoms with Crippen molar-refractivity contribution in [1.82, 2.24) is 4.90 Å². The monoisotopic (exact) mass is 276 g/mol. The molecule has 0 saturated carbocycles. The molecule has 1 heterocycles. The van der Waals surface area contributed by atoms with Gasteiger partial charge in [0.2, 0.25) is 0 Å². The minimum Gasteiger partial charge on any atom is -0.493 e. The van der Waals surface area contributed by atoms with Crippen LogP contribution in [0.2, 0.25) is 0 Å². The molecule has 1 saturated heterocycles. The van der Waals surface area contributed by atoms with Crippen LogP contribution in [0.1, 0.15) is 33.6 Å². The van der Waals surface area contributed by atoms with Gasteiger partial charge in [-0.15, -0.1) is 0 Å². The summed E-state index contributed by atoms with van der Waals surface area (Å²) in [5.41, 5.74) is 1.18. The molecule has 0 amide bonds. The molecule has 0 atom stereocenters. The average molecular weight is 276 g/mol. The van der Waals surface area contributed by atoms with E-state index in [1.807, 2.05) is 6.07 Å². The maximum absolute atomic E-state index is 5.78. The summed E-state index contributed by atoms with van der Waals surface area (Å²) in [5.74, 6) is 1.53. The summed E-state index contributed by atoms with van der Waals surface area (Å²) >= 11 is 0. The number of piperidine rings is 1. The third-order valence-corrected chi connectivity index (χ3v) is 3.82. The van der Waals surface area contributed by atoms with Gasteiger partial charge in [0.25, 0.3) is 0 Å². The summed E-state index contributed by atoms with van der Waals surface area (Å²) in [6, 6.07) is 8.95. The van der Waals surface area contributed by atoms with Gasteiger partial charge in [0.15, 0.2) is 0 Å². The molecular formula is C17H28N2O. The van der Waals surface area contributed by atoms with Crippen molar-refractivity contribution in [3.8, 4) is 5.75 Å². The van der Waals surface area contributed by atoms with Crippen molar-refractivity contribution < 1.29 is 4.74 Å². The van der Waals surface area contributed by atoms with Crippen LogP contribution >= 0.6 is 0 Å². The highest BCUT2D eigenvalue weighted by Crippen LogP contribution is 2.21. The second kappa shape index (κ2) is 7.53. The normalized spacial score (nSPS) is 17.4. The SMILES string of the molecule is CCN1CCC(Nc2cccc(OCC(C)C)c2)CC1. The molecule has 0 bridgehead atoms. The number of anilines is 1. The van der Waals surface area contributed by atoms with E-state index in [1.54, 1.807) is 0 Å². The van der Waals surface area contributed by atoms with Crippen molar-refractivity contribution in [3.05, 3.63) is 24.3 Å². The Labute approximate surface area is 123 Å². The average Bonchev–Trinajstić information content (AvgIpc) is 2.46. The number of hydrogen-bond acceptors (Lipinski definition) is 3. The van der Waals surface area contributed by atoms with E-state index < -0.39 is 0 Å². The first-order valence-corrected chi connectivity index (χ1v) is 7.89. The summed E-state index contributed by atoms with van der Waals surface area (Å²) < 4.78 is 5.78. The highest BCUT2D eigenvalue weighted by Gasteiger charge is 2.17. The van der Waals surface area contributed by atoms with Gasteiger partial charge in [-0.2, -0.15) is 0 Å². The third kappa shape index (κ3) is 4.71. The lowest BCUT2D eigenvalue weighted by molar-refractivity contribution is 0.229. The third-order valence-electron chi connectivity index (χ3n) is 3.82. The van der Waals surface area contributed by atoms with Crippen LogP contribution in [0.3, 0.4) is 0 Å². The van der Waals surface area contributed by atoms with Crippen molar-refractivity contribution in [3.63, 3.8) is 0 Å². The second-order valence-electron chi connectivity index (χ2n) is 6.09. The Kier molecular flexibility index (Phi) is 5.72. The van der Waals surface area contributed by atoms with E-state index in [2.05, 4.69) is 49.2 Å².